The zero-order chi connectivity index (χ0) is 15.2. The topological polar surface area (TPSA) is 31.7 Å². The lowest BCUT2D eigenvalue weighted by atomic mass is 10.1. The monoisotopic (exact) mass is 294 g/mol. The van der Waals surface area contributed by atoms with Gasteiger partial charge in [0.25, 0.3) is 0 Å². The zero-order valence-corrected chi connectivity index (χ0v) is 13.0. The molecule has 1 fully saturated rings. The average Bonchev–Trinajstić information content (AvgIpc) is 2.61. The third-order valence-electron chi connectivity index (χ3n) is 3.99. The van der Waals surface area contributed by atoms with E-state index in [9.17, 15) is 0 Å². The lowest BCUT2D eigenvalue weighted by Crippen LogP contribution is -2.44. The minimum atomic E-state index is 0.931. The summed E-state index contributed by atoms with van der Waals surface area (Å²) in [5, 5.41) is 6.73. The van der Waals surface area contributed by atoms with E-state index in [0.29, 0.717) is 0 Å². The number of rotatable bonds is 4. The zero-order valence-electron chi connectivity index (χ0n) is 13.0. The first kappa shape index (κ1) is 14.6. The molecule has 0 amide bonds. The Bertz CT molecular complexity index is 599. The lowest BCUT2D eigenvalue weighted by molar-refractivity contribution is 0.271. The van der Waals surface area contributed by atoms with Crippen LogP contribution in [-0.4, -0.2) is 42.4 Å². The molecule has 1 aliphatic rings. The van der Waals surface area contributed by atoms with Crippen molar-refractivity contribution in [2.45, 2.75) is 13.3 Å². The maximum Gasteiger partial charge on any atom is 0.128 e. The molecule has 1 saturated heterocycles. The summed E-state index contributed by atoms with van der Waals surface area (Å²) in [6.07, 6.45) is 4.88. The SMILES string of the molecule is CCc1ccc(C=NN2CCN(c3ccccn3)CC2)cc1. The number of nitrogens with zero attached hydrogens (tertiary/aromatic N) is 4. The first-order valence-corrected chi connectivity index (χ1v) is 7.89. The van der Waals surface area contributed by atoms with Crippen molar-refractivity contribution in [3.8, 4) is 0 Å². The van der Waals surface area contributed by atoms with Gasteiger partial charge in [-0.25, -0.2) is 4.98 Å². The summed E-state index contributed by atoms with van der Waals surface area (Å²) in [7, 11) is 0. The van der Waals surface area contributed by atoms with Gasteiger partial charge in [-0.3, -0.25) is 5.01 Å². The minimum Gasteiger partial charge on any atom is -0.353 e. The highest BCUT2D eigenvalue weighted by atomic mass is 15.5. The molecule has 0 radical (unpaired) electrons. The average molecular weight is 294 g/mol. The van der Waals surface area contributed by atoms with Gasteiger partial charge in [0.15, 0.2) is 0 Å². The van der Waals surface area contributed by atoms with Gasteiger partial charge in [0.2, 0.25) is 0 Å². The molecule has 22 heavy (non-hydrogen) atoms. The van der Waals surface area contributed by atoms with Crippen LogP contribution in [0.1, 0.15) is 18.1 Å². The van der Waals surface area contributed by atoms with E-state index in [1.807, 2.05) is 24.5 Å². The van der Waals surface area contributed by atoms with Crippen LogP contribution < -0.4 is 4.90 Å². The van der Waals surface area contributed by atoms with Crippen molar-refractivity contribution >= 4 is 12.0 Å². The van der Waals surface area contributed by atoms with Gasteiger partial charge in [-0.15, -0.1) is 0 Å². The van der Waals surface area contributed by atoms with E-state index in [1.165, 1.54) is 5.56 Å². The van der Waals surface area contributed by atoms with Crippen molar-refractivity contribution in [2.24, 2.45) is 5.10 Å². The molecule has 0 N–H and O–H groups in total. The molecule has 0 spiro atoms. The normalized spacial score (nSPS) is 15.5. The molecule has 1 aliphatic heterocycles. The molecule has 4 heteroatoms. The summed E-state index contributed by atoms with van der Waals surface area (Å²) in [6, 6.07) is 14.6. The van der Waals surface area contributed by atoms with E-state index in [1.54, 1.807) is 0 Å². The summed E-state index contributed by atoms with van der Waals surface area (Å²) in [6.45, 7) is 5.96. The van der Waals surface area contributed by atoms with E-state index < -0.39 is 0 Å². The quantitative estimate of drug-likeness (QED) is 0.813. The molecule has 0 unspecified atom stereocenters. The van der Waals surface area contributed by atoms with Gasteiger partial charge in [0.05, 0.1) is 19.3 Å². The van der Waals surface area contributed by atoms with Crippen LogP contribution in [0, 0.1) is 0 Å². The molecule has 1 aromatic carbocycles. The Balaban J connectivity index is 1.54. The van der Waals surface area contributed by atoms with Crippen LogP contribution >= 0.6 is 0 Å². The van der Waals surface area contributed by atoms with E-state index in [4.69, 9.17) is 0 Å². The Morgan fingerprint density at radius 1 is 1.05 bits per heavy atom. The number of hydrogen-bond donors (Lipinski definition) is 0. The van der Waals surface area contributed by atoms with Crippen LogP contribution in [0.5, 0.6) is 0 Å². The third kappa shape index (κ3) is 3.64. The van der Waals surface area contributed by atoms with Crippen molar-refractivity contribution < 1.29 is 0 Å². The lowest BCUT2D eigenvalue weighted by Gasteiger charge is -2.33. The van der Waals surface area contributed by atoms with Gasteiger partial charge in [-0.2, -0.15) is 5.10 Å². The van der Waals surface area contributed by atoms with Crippen LogP contribution in [0.25, 0.3) is 0 Å². The van der Waals surface area contributed by atoms with Crippen LogP contribution in [-0.2, 0) is 6.42 Å². The standard InChI is InChI=1S/C18H22N4/c1-2-16-6-8-17(9-7-16)15-20-22-13-11-21(12-14-22)18-5-3-4-10-19-18/h3-10,15H,2,11-14H2,1H3. The Kier molecular flexibility index (Phi) is 4.68. The van der Waals surface area contributed by atoms with Crippen LogP contribution in [0.4, 0.5) is 5.82 Å². The number of benzene rings is 1. The molecule has 0 atom stereocenters. The molecule has 0 aliphatic carbocycles. The van der Waals surface area contributed by atoms with Gasteiger partial charge < -0.3 is 4.90 Å². The van der Waals surface area contributed by atoms with E-state index in [-0.39, 0.29) is 0 Å². The molecule has 0 saturated carbocycles. The number of hydrazone groups is 1. The number of aromatic nitrogens is 1. The molecular formula is C18H22N4. The molecule has 114 valence electrons. The van der Waals surface area contributed by atoms with Crippen LogP contribution in [0.3, 0.4) is 0 Å². The highest BCUT2D eigenvalue weighted by Gasteiger charge is 2.15. The Hall–Kier alpha value is -2.36. The van der Waals surface area contributed by atoms with Gasteiger partial charge in [0, 0.05) is 19.3 Å². The summed E-state index contributed by atoms with van der Waals surface area (Å²) in [5.74, 6) is 1.06. The van der Waals surface area contributed by atoms with Crippen molar-refractivity contribution in [3.63, 3.8) is 0 Å². The summed E-state index contributed by atoms with van der Waals surface area (Å²) >= 11 is 0. The molecule has 1 aromatic heterocycles. The molecule has 4 nitrogen and oxygen atoms in total. The number of hydrogen-bond acceptors (Lipinski definition) is 4. The number of pyridine rings is 1. The van der Waals surface area contributed by atoms with Gasteiger partial charge in [-0.1, -0.05) is 37.3 Å². The molecule has 2 aromatic rings. The molecule has 3 rings (SSSR count). The van der Waals surface area contributed by atoms with Gasteiger partial charge in [0.1, 0.15) is 5.82 Å². The summed E-state index contributed by atoms with van der Waals surface area (Å²) in [5.41, 5.74) is 2.52. The maximum absolute atomic E-state index is 4.60. The predicted octanol–water partition coefficient (Wildman–Crippen LogP) is 2.80. The maximum atomic E-state index is 4.60. The van der Waals surface area contributed by atoms with Gasteiger partial charge in [-0.05, 0) is 29.7 Å². The minimum absolute atomic E-state index is 0.931. The van der Waals surface area contributed by atoms with Crippen LogP contribution in [0.15, 0.2) is 53.8 Å². The second kappa shape index (κ2) is 7.07. The van der Waals surface area contributed by atoms with Crippen molar-refractivity contribution in [1.82, 2.24) is 9.99 Å². The Morgan fingerprint density at radius 2 is 1.82 bits per heavy atom. The van der Waals surface area contributed by atoms with Crippen molar-refractivity contribution in [3.05, 3.63) is 59.8 Å². The second-order valence-corrected chi connectivity index (χ2v) is 5.47. The highest BCUT2D eigenvalue weighted by Crippen LogP contribution is 2.12. The van der Waals surface area contributed by atoms with Crippen LogP contribution in [0.2, 0.25) is 0 Å². The first-order chi connectivity index (χ1) is 10.8. The van der Waals surface area contributed by atoms with E-state index >= 15 is 0 Å². The highest BCUT2D eigenvalue weighted by molar-refractivity contribution is 5.79. The third-order valence-corrected chi connectivity index (χ3v) is 3.99. The summed E-state index contributed by atoms with van der Waals surface area (Å²) < 4.78 is 0. The summed E-state index contributed by atoms with van der Waals surface area (Å²) in [4.78, 5) is 6.71. The molecule has 0 bridgehead atoms. The fourth-order valence-electron chi connectivity index (χ4n) is 2.57. The molecular weight excluding hydrogens is 272 g/mol. The van der Waals surface area contributed by atoms with Gasteiger partial charge >= 0.3 is 0 Å². The smallest absolute Gasteiger partial charge is 0.128 e. The fraction of sp³-hybridized carbons (Fsp3) is 0.333. The predicted molar refractivity (Wildman–Crippen MR) is 91.4 cm³/mol. The number of aryl methyl sites for hydroxylation is 1. The second-order valence-electron chi connectivity index (χ2n) is 5.47. The first-order valence-electron chi connectivity index (χ1n) is 7.89. The Labute approximate surface area is 132 Å². The van der Waals surface area contributed by atoms with Crippen molar-refractivity contribution in [2.75, 3.05) is 31.1 Å². The fourth-order valence-corrected chi connectivity index (χ4v) is 2.57. The number of anilines is 1. The molecule has 2 heterocycles. The van der Waals surface area contributed by atoms with Crippen molar-refractivity contribution in [1.29, 1.82) is 0 Å². The van der Waals surface area contributed by atoms with E-state index in [0.717, 1.165) is 44.0 Å². The number of piperazine rings is 1. The van der Waals surface area contributed by atoms with E-state index in [2.05, 4.69) is 57.2 Å². The Morgan fingerprint density at radius 3 is 2.45 bits per heavy atom. The largest absolute Gasteiger partial charge is 0.353 e.